The fourth-order valence-electron chi connectivity index (χ4n) is 16.0. The number of aliphatic hydroxyl groups is 6. The molecule has 7 aliphatic carbocycles. The lowest BCUT2D eigenvalue weighted by Gasteiger charge is -2.80. The lowest BCUT2D eigenvalue weighted by atomic mass is 9.24. The van der Waals surface area contributed by atoms with Crippen LogP contribution in [0.15, 0.2) is 11.6 Å². The molecule has 1 spiro atoms. The summed E-state index contributed by atoms with van der Waals surface area (Å²) in [4.78, 5) is 13.7. The van der Waals surface area contributed by atoms with E-state index in [4.69, 9.17) is 9.47 Å². The van der Waals surface area contributed by atoms with E-state index in [1.54, 1.807) is 0 Å². The molecule has 0 radical (unpaired) electrons. The molecule has 8 aliphatic rings. The van der Waals surface area contributed by atoms with Crippen molar-refractivity contribution in [2.45, 2.75) is 148 Å². The highest BCUT2D eigenvalue weighted by Crippen LogP contribution is 2.85. The molecule has 0 aromatic rings. The molecule has 0 aromatic heterocycles. The Kier molecular flexibility index (Phi) is 8.22. The van der Waals surface area contributed by atoms with Crippen LogP contribution >= 0.6 is 0 Å². The van der Waals surface area contributed by atoms with E-state index in [2.05, 4.69) is 26.8 Å². The summed E-state index contributed by atoms with van der Waals surface area (Å²) in [5.41, 5.74) is -1.49. The van der Waals surface area contributed by atoms with Crippen LogP contribution in [-0.4, -0.2) is 98.3 Å². The molecule has 7 N–H and O–H groups in total. The number of aliphatic hydroxyl groups excluding tert-OH is 6. The number of allylic oxidation sites excluding steroid dienone is 2. The van der Waals surface area contributed by atoms with Crippen molar-refractivity contribution in [1.29, 1.82) is 0 Å². The van der Waals surface area contributed by atoms with Crippen molar-refractivity contribution in [3.05, 3.63) is 11.6 Å². The molecule has 1 aliphatic heterocycles. The van der Waals surface area contributed by atoms with Crippen molar-refractivity contribution in [3.8, 4) is 0 Å². The van der Waals surface area contributed by atoms with Crippen molar-refractivity contribution in [3.63, 3.8) is 0 Å². The van der Waals surface area contributed by atoms with E-state index in [0.29, 0.717) is 19.3 Å². The summed E-state index contributed by atoms with van der Waals surface area (Å²) in [6.07, 6.45) is 6.46. The molecule has 17 atom stereocenters. The minimum Gasteiger partial charge on any atom is -0.481 e. The second kappa shape index (κ2) is 11.5. The van der Waals surface area contributed by atoms with Gasteiger partial charge in [-0.05, 0) is 116 Å². The number of carbonyl (C=O) groups is 1. The van der Waals surface area contributed by atoms with Crippen molar-refractivity contribution in [2.24, 2.45) is 61.6 Å². The number of hydrogen-bond acceptors (Lipinski definition) is 9. The number of rotatable bonds is 5. The molecule has 0 unspecified atom stereocenters. The Labute approximate surface area is 296 Å². The molecule has 282 valence electrons. The zero-order valence-electron chi connectivity index (χ0n) is 30.5. The van der Waals surface area contributed by atoms with Crippen molar-refractivity contribution >= 4 is 5.97 Å². The third-order valence-electron chi connectivity index (χ3n) is 18.0. The molecule has 1 heterocycles. The van der Waals surface area contributed by atoms with E-state index in [1.807, 2.05) is 6.92 Å². The molecule has 8 rings (SSSR count). The van der Waals surface area contributed by atoms with E-state index in [0.717, 1.165) is 64.2 Å². The number of carboxylic acids is 1. The minimum absolute atomic E-state index is 0.0181. The van der Waals surface area contributed by atoms with Gasteiger partial charge in [0.1, 0.15) is 18.3 Å². The van der Waals surface area contributed by atoms with E-state index in [-0.39, 0.29) is 70.6 Å². The quantitative estimate of drug-likeness (QED) is 0.165. The Hall–Kier alpha value is -1.11. The van der Waals surface area contributed by atoms with Crippen LogP contribution < -0.4 is 0 Å². The van der Waals surface area contributed by atoms with Crippen LogP contribution in [0.2, 0.25) is 0 Å². The van der Waals surface area contributed by atoms with Gasteiger partial charge in [0.15, 0.2) is 6.29 Å². The molecule has 10 nitrogen and oxygen atoms in total. The van der Waals surface area contributed by atoms with Gasteiger partial charge in [-0.2, -0.15) is 0 Å². The number of carboxylic acid groups (broad SMARTS) is 1. The average molecular weight is 703 g/mol. The van der Waals surface area contributed by atoms with Crippen LogP contribution in [0.5, 0.6) is 0 Å². The average Bonchev–Trinajstić information content (AvgIpc) is 3.25. The van der Waals surface area contributed by atoms with Crippen LogP contribution in [0.25, 0.3) is 0 Å². The van der Waals surface area contributed by atoms with Gasteiger partial charge in [-0.15, -0.1) is 0 Å². The fourth-order valence-corrected chi connectivity index (χ4v) is 16.0. The van der Waals surface area contributed by atoms with Gasteiger partial charge in [0, 0.05) is 17.4 Å². The SMILES string of the molecule is C[C@]1(CO)C[C@H]2CCC[C@H]3C[C@]2(C(=O)O)[C@@H](C1)C1=CC[C@@]24CCC[C@]13[C@]2(C)CC[C@@H]1[C@](C)(CO)[C@H](O[C@@H]2OC[C@@H](O)[C@H](O)[C@H]2O)[C@H](O)C[C@@]14C. The first-order valence-corrected chi connectivity index (χ1v) is 19.7. The molecule has 4 bridgehead atoms. The van der Waals surface area contributed by atoms with Crippen LogP contribution in [0.3, 0.4) is 0 Å². The molecule has 50 heavy (non-hydrogen) atoms. The summed E-state index contributed by atoms with van der Waals surface area (Å²) >= 11 is 0. The zero-order valence-corrected chi connectivity index (χ0v) is 30.5. The molecule has 0 amide bonds. The summed E-state index contributed by atoms with van der Waals surface area (Å²) in [5, 5.41) is 76.5. The van der Waals surface area contributed by atoms with Crippen LogP contribution in [0, 0.1) is 61.6 Å². The van der Waals surface area contributed by atoms with Gasteiger partial charge in [0.25, 0.3) is 0 Å². The number of ether oxygens (including phenoxy) is 2. The van der Waals surface area contributed by atoms with Crippen LogP contribution in [0.4, 0.5) is 0 Å². The van der Waals surface area contributed by atoms with Gasteiger partial charge < -0.3 is 45.2 Å². The Balaban J connectivity index is 1.23. The number of fused-ring (bicyclic) bond motifs is 3. The van der Waals surface area contributed by atoms with Gasteiger partial charge in [-0.3, -0.25) is 4.79 Å². The molecular weight excluding hydrogens is 640 g/mol. The predicted octanol–water partition coefficient (Wildman–Crippen LogP) is 3.78. The van der Waals surface area contributed by atoms with Crippen LogP contribution in [-0.2, 0) is 14.3 Å². The summed E-state index contributed by atoms with van der Waals surface area (Å²) in [7, 11) is 0. The van der Waals surface area contributed by atoms with Gasteiger partial charge >= 0.3 is 5.97 Å². The smallest absolute Gasteiger partial charge is 0.310 e. The first kappa shape index (κ1) is 35.9. The Bertz CT molecular complexity index is 1420. The first-order valence-electron chi connectivity index (χ1n) is 19.7. The number of aliphatic carboxylic acids is 1. The van der Waals surface area contributed by atoms with E-state index in [9.17, 15) is 40.5 Å². The standard InChI is InChI=1S/C40H62O10/c1-34(20-41)15-22-7-5-8-23-16-39(22,33(47)48)25(17-34)24-9-14-38-11-6-12-40(23,24)37(38,4)13-10-28-35(2,21-42)31(26(43)18-36(28,38)3)50-32-30(46)29(45)27(44)19-49-32/h9,22-23,25-32,41-46H,5-8,10-21H2,1-4H3,(H,47,48)/t22-,23+,25+,26-,27-,28-,29+,30-,31-,32+,34+,35+,36+,37-,38-,39-,40-/m1/s1. The molecular formula is C40H62O10. The Morgan fingerprint density at radius 3 is 2.30 bits per heavy atom. The molecule has 0 aromatic carbocycles. The monoisotopic (exact) mass is 702 g/mol. The van der Waals surface area contributed by atoms with Crippen molar-refractivity contribution in [1.82, 2.24) is 0 Å². The highest BCUT2D eigenvalue weighted by atomic mass is 16.7. The van der Waals surface area contributed by atoms with E-state index in [1.165, 1.54) is 5.57 Å². The van der Waals surface area contributed by atoms with Crippen molar-refractivity contribution in [2.75, 3.05) is 19.8 Å². The minimum atomic E-state index is -1.49. The van der Waals surface area contributed by atoms with Crippen molar-refractivity contribution < 1.29 is 50.0 Å². The summed E-state index contributed by atoms with van der Waals surface area (Å²) in [6, 6.07) is 0. The molecule has 10 heteroatoms. The van der Waals surface area contributed by atoms with Gasteiger partial charge in [0.2, 0.25) is 0 Å². The lowest BCUT2D eigenvalue weighted by Crippen LogP contribution is -2.76. The third kappa shape index (κ3) is 4.12. The fraction of sp³-hybridized carbons (Fsp3) is 0.925. The van der Waals surface area contributed by atoms with Gasteiger partial charge in [-0.1, -0.05) is 52.2 Å². The molecule has 6 saturated carbocycles. The highest BCUT2D eigenvalue weighted by molar-refractivity contribution is 5.77. The topological polar surface area (TPSA) is 177 Å². The maximum absolute atomic E-state index is 13.7. The summed E-state index contributed by atoms with van der Waals surface area (Å²) < 4.78 is 12.0. The van der Waals surface area contributed by atoms with E-state index >= 15 is 0 Å². The lowest BCUT2D eigenvalue weighted by molar-refractivity contribution is -0.345. The third-order valence-corrected chi connectivity index (χ3v) is 18.0. The second-order valence-corrected chi connectivity index (χ2v) is 19.7. The Morgan fingerprint density at radius 1 is 0.860 bits per heavy atom. The first-order chi connectivity index (χ1) is 23.5. The van der Waals surface area contributed by atoms with Gasteiger partial charge in [0.05, 0.1) is 30.8 Å². The van der Waals surface area contributed by atoms with Gasteiger partial charge in [-0.25, -0.2) is 0 Å². The maximum atomic E-state index is 13.7. The Morgan fingerprint density at radius 2 is 1.60 bits per heavy atom. The summed E-state index contributed by atoms with van der Waals surface area (Å²) in [5.74, 6) is -0.442. The molecule has 7 fully saturated rings. The maximum Gasteiger partial charge on any atom is 0.310 e. The summed E-state index contributed by atoms with van der Waals surface area (Å²) in [6.45, 7) is 8.68. The largest absolute Gasteiger partial charge is 0.481 e. The molecule has 1 saturated heterocycles. The highest BCUT2D eigenvalue weighted by Gasteiger charge is 2.80. The van der Waals surface area contributed by atoms with E-state index < -0.39 is 53.6 Å². The predicted molar refractivity (Wildman–Crippen MR) is 182 cm³/mol. The second-order valence-electron chi connectivity index (χ2n) is 19.7. The normalized spacial score (nSPS) is 58.5. The number of hydrogen-bond donors (Lipinski definition) is 7. The zero-order chi connectivity index (χ0) is 35.9. The van der Waals surface area contributed by atoms with Crippen LogP contribution in [0.1, 0.15) is 111 Å².